The molecule has 0 amide bonds. The van der Waals surface area contributed by atoms with Crippen LogP contribution in [0, 0.1) is 0 Å². The molecule has 1 atom stereocenters. The topological polar surface area (TPSA) is 41.6 Å². The first-order valence-electron chi connectivity index (χ1n) is 8.93. The van der Waals surface area contributed by atoms with Crippen molar-refractivity contribution in [2.75, 3.05) is 13.1 Å². The Morgan fingerprint density at radius 2 is 1.48 bits per heavy atom. The summed E-state index contributed by atoms with van der Waals surface area (Å²) < 4.78 is 78.2. The Kier molecular flexibility index (Phi) is 5.77. The Labute approximate surface area is 163 Å². The third kappa shape index (κ3) is 5.21. The van der Waals surface area contributed by atoms with Gasteiger partial charge in [-0.05, 0) is 42.2 Å². The van der Waals surface area contributed by atoms with Gasteiger partial charge in [-0.25, -0.2) is 0 Å². The van der Waals surface area contributed by atoms with Gasteiger partial charge in [0, 0.05) is 6.54 Å². The number of benzene rings is 2. The zero-order chi connectivity index (χ0) is 21.2. The lowest BCUT2D eigenvalue weighted by molar-refractivity contribution is -0.143. The molecule has 9 heteroatoms. The molecule has 156 valence electrons. The summed E-state index contributed by atoms with van der Waals surface area (Å²) in [5, 5.41) is 0. The van der Waals surface area contributed by atoms with Crippen molar-refractivity contribution in [2.24, 2.45) is 10.7 Å². The molecular formula is C20H19F6N3. The average molecular weight is 415 g/mol. The van der Waals surface area contributed by atoms with Crippen molar-refractivity contribution in [3.05, 3.63) is 70.8 Å². The summed E-state index contributed by atoms with van der Waals surface area (Å²) in [6, 6.07) is 11.1. The highest BCUT2D eigenvalue weighted by Gasteiger charge is 2.37. The SMILES string of the molecule is NC1=NCC(Cc2ccccc2)N1CCc1cc(C(F)(F)F)cc(C(F)(F)F)c1. The summed E-state index contributed by atoms with van der Waals surface area (Å²) in [5.41, 5.74) is 4.27. The van der Waals surface area contributed by atoms with Crippen LogP contribution in [-0.2, 0) is 25.2 Å². The first-order valence-corrected chi connectivity index (χ1v) is 8.93. The maximum Gasteiger partial charge on any atom is 0.416 e. The Bertz CT molecular complexity index is 842. The van der Waals surface area contributed by atoms with E-state index in [-0.39, 0.29) is 36.6 Å². The largest absolute Gasteiger partial charge is 0.416 e. The molecule has 2 aromatic rings. The number of nitrogens with zero attached hydrogens (tertiary/aromatic N) is 2. The summed E-state index contributed by atoms with van der Waals surface area (Å²) in [6.07, 6.45) is -9.12. The van der Waals surface area contributed by atoms with Crippen LogP contribution in [0.3, 0.4) is 0 Å². The Hall–Kier alpha value is -2.71. The van der Waals surface area contributed by atoms with Crippen LogP contribution < -0.4 is 5.73 Å². The fourth-order valence-corrected chi connectivity index (χ4v) is 3.35. The molecule has 0 fully saturated rings. The van der Waals surface area contributed by atoms with E-state index in [1.165, 1.54) is 0 Å². The van der Waals surface area contributed by atoms with E-state index in [9.17, 15) is 26.3 Å². The molecule has 1 heterocycles. The van der Waals surface area contributed by atoms with E-state index in [1.807, 2.05) is 30.3 Å². The van der Waals surface area contributed by atoms with Gasteiger partial charge in [-0.1, -0.05) is 30.3 Å². The Morgan fingerprint density at radius 3 is 2.03 bits per heavy atom. The standard InChI is InChI=1S/C20H19F6N3/c21-19(22,23)15-8-14(9-16(11-15)20(24,25)26)6-7-29-17(12-28-18(29)27)10-13-4-2-1-3-5-13/h1-5,8-9,11,17H,6-7,10,12H2,(H2,27,28). The average Bonchev–Trinajstić information content (AvgIpc) is 2.98. The molecule has 2 N–H and O–H groups in total. The zero-order valence-corrected chi connectivity index (χ0v) is 15.3. The van der Waals surface area contributed by atoms with Gasteiger partial charge in [0.25, 0.3) is 0 Å². The van der Waals surface area contributed by atoms with Crippen molar-refractivity contribution >= 4 is 5.96 Å². The maximum atomic E-state index is 13.0. The molecule has 29 heavy (non-hydrogen) atoms. The molecule has 0 aliphatic carbocycles. The van der Waals surface area contributed by atoms with Crippen LogP contribution in [-0.4, -0.2) is 30.0 Å². The van der Waals surface area contributed by atoms with Crippen LogP contribution >= 0.6 is 0 Å². The lowest BCUT2D eigenvalue weighted by atomic mass is 10.0. The smallest absolute Gasteiger partial charge is 0.370 e. The normalized spacial score (nSPS) is 17.5. The van der Waals surface area contributed by atoms with Gasteiger partial charge in [-0.2, -0.15) is 26.3 Å². The minimum absolute atomic E-state index is 0.0193. The molecule has 0 saturated carbocycles. The van der Waals surface area contributed by atoms with Crippen LogP contribution in [0.4, 0.5) is 26.3 Å². The number of rotatable bonds is 5. The molecule has 0 saturated heterocycles. The second-order valence-electron chi connectivity index (χ2n) is 6.90. The lowest BCUT2D eigenvalue weighted by Crippen LogP contribution is -2.43. The number of nitrogens with two attached hydrogens (primary N) is 1. The van der Waals surface area contributed by atoms with Gasteiger partial charge in [0.05, 0.1) is 23.7 Å². The van der Waals surface area contributed by atoms with Crippen molar-refractivity contribution in [3.63, 3.8) is 0 Å². The predicted octanol–water partition coefficient (Wildman–Crippen LogP) is 4.51. The van der Waals surface area contributed by atoms with E-state index in [4.69, 9.17) is 5.73 Å². The molecule has 0 radical (unpaired) electrons. The third-order valence-electron chi connectivity index (χ3n) is 4.80. The first-order chi connectivity index (χ1) is 13.5. The highest BCUT2D eigenvalue weighted by atomic mass is 19.4. The van der Waals surface area contributed by atoms with Crippen molar-refractivity contribution in [1.29, 1.82) is 0 Å². The molecule has 0 bridgehead atoms. The van der Waals surface area contributed by atoms with E-state index in [2.05, 4.69) is 4.99 Å². The van der Waals surface area contributed by atoms with Crippen molar-refractivity contribution in [2.45, 2.75) is 31.2 Å². The quantitative estimate of drug-likeness (QED) is 0.731. The van der Waals surface area contributed by atoms with E-state index < -0.39 is 23.5 Å². The lowest BCUT2D eigenvalue weighted by Gasteiger charge is -2.26. The summed E-state index contributed by atoms with van der Waals surface area (Å²) in [7, 11) is 0. The van der Waals surface area contributed by atoms with Gasteiger partial charge < -0.3 is 10.6 Å². The van der Waals surface area contributed by atoms with E-state index in [0.29, 0.717) is 13.0 Å². The fourth-order valence-electron chi connectivity index (χ4n) is 3.35. The van der Waals surface area contributed by atoms with Crippen molar-refractivity contribution < 1.29 is 26.3 Å². The number of halogens is 6. The van der Waals surface area contributed by atoms with Gasteiger partial charge in [0.2, 0.25) is 0 Å². The van der Waals surface area contributed by atoms with E-state index in [1.54, 1.807) is 4.90 Å². The van der Waals surface area contributed by atoms with E-state index >= 15 is 0 Å². The molecule has 1 unspecified atom stereocenters. The molecular weight excluding hydrogens is 396 g/mol. The van der Waals surface area contributed by atoms with Crippen LogP contribution in [0.2, 0.25) is 0 Å². The molecule has 0 spiro atoms. The Balaban J connectivity index is 1.77. The van der Waals surface area contributed by atoms with Crippen molar-refractivity contribution in [3.8, 4) is 0 Å². The molecule has 3 rings (SSSR count). The zero-order valence-electron chi connectivity index (χ0n) is 15.3. The second-order valence-corrected chi connectivity index (χ2v) is 6.90. The number of hydrogen-bond acceptors (Lipinski definition) is 3. The monoisotopic (exact) mass is 415 g/mol. The first kappa shape index (κ1) is 21.0. The van der Waals surface area contributed by atoms with Gasteiger partial charge in [0.15, 0.2) is 5.96 Å². The van der Waals surface area contributed by atoms with E-state index in [0.717, 1.165) is 17.7 Å². The molecule has 3 nitrogen and oxygen atoms in total. The summed E-state index contributed by atoms with van der Waals surface area (Å²) in [4.78, 5) is 5.92. The van der Waals surface area contributed by atoms with Gasteiger partial charge >= 0.3 is 12.4 Å². The number of hydrogen-bond donors (Lipinski definition) is 1. The minimum atomic E-state index is -4.86. The van der Waals surface area contributed by atoms with Crippen molar-refractivity contribution in [1.82, 2.24) is 4.90 Å². The molecule has 1 aliphatic heterocycles. The number of aliphatic imine (C=N–C) groups is 1. The highest BCUT2D eigenvalue weighted by molar-refractivity contribution is 5.80. The predicted molar refractivity (Wildman–Crippen MR) is 97.3 cm³/mol. The summed E-state index contributed by atoms with van der Waals surface area (Å²) in [5.74, 6) is 0.244. The Morgan fingerprint density at radius 1 is 0.897 bits per heavy atom. The van der Waals surface area contributed by atoms with Crippen LogP contribution in [0.5, 0.6) is 0 Å². The fraction of sp³-hybridized carbons (Fsp3) is 0.350. The van der Waals surface area contributed by atoms with Crippen LogP contribution in [0.25, 0.3) is 0 Å². The highest BCUT2D eigenvalue weighted by Crippen LogP contribution is 2.36. The van der Waals surface area contributed by atoms with Gasteiger partial charge in [0.1, 0.15) is 0 Å². The number of guanidine groups is 1. The van der Waals surface area contributed by atoms with Crippen LogP contribution in [0.15, 0.2) is 53.5 Å². The minimum Gasteiger partial charge on any atom is -0.370 e. The summed E-state index contributed by atoms with van der Waals surface area (Å²) >= 11 is 0. The molecule has 1 aliphatic rings. The maximum absolute atomic E-state index is 13.0. The molecule has 0 aromatic heterocycles. The van der Waals surface area contributed by atoms with Gasteiger partial charge in [-0.15, -0.1) is 0 Å². The third-order valence-corrected chi connectivity index (χ3v) is 4.80. The second kappa shape index (κ2) is 7.96. The summed E-state index contributed by atoms with van der Waals surface area (Å²) in [6.45, 7) is 0.600. The van der Waals surface area contributed by atoms with Crippen LogP contribution in [0.1, 0.15) is 22.3 Å². The molecule has 2 aromatic carbocycles. The number of alkyl halides is 6. The van der Waals surface area contributed by atoms with Gasteiger partial charge in [-0.3, -0.25) is 4.99 Å².